The largest absolute Gasteiger partial charge is 0.306 e. The molecule has 0 amide bonds. The number of fused-ring (bicyclic) bond motifs is 1. The first kappa shape index (κ1) is 11.6. The van der Waals surface area contributed by atoms with Crippen molar-refractivity contribution in [3.05, 3.63) is 58.3 Å². The minimum absolute atomic E-state index is 0.652. The highest BCUT2D eigenvalue weighted by molar-refractivity contribution is 6.35. The van der Waals surface area contributed by atoms with E-state index in [-0.39, 0.29) is 0 Å². The number of halogens is 2. The van der Waals surface area contributed by atoms with Gasteiger partial charge in [-0.1, -0.05) is 29.3 Å². The van der Waals surface area contributed by atoms with E-state index in [4.69, 9.17) is 23.2 Å². The summed E-state index contributed by atoms with van der Waals surface area (Å²) < 4.78 is 1.99. The zero-order valence-electron chi connectivity index (χ0n) is 9.69. The van der Waals surface area contributed by atoms with Crippen LogP contribution < -0.4 is 0 Å². The summed E-state index contributed by atoms with van der Waals surface area (Å²) in [6, 6.07) is 9.41. The summed E-state index contributed by atoms with van der Waals surface area (Å²) in [7, 11) is 0. The summed E-state index contributed by atoms with van der Waals surface area (Å²) in [5, 5.41) is 1.31. The molecule has 90 valence electrons. The average molecular weight is 277 g/mol. The first-order valence-corrected chi connectivity index (χ1v) is 6.30. The van der Waals surface area contributed by atoms with Gasteiger partial charge in [0.1, 0.15) is 5.65 Å². The number of aryl methyl sites for hydroxylation is 1. The van der Waals surface area contributed by atoms with Crippen LogP contribution in [0.25, 0.3) is 16.9 Å². The molecular weight excluding hydrogens is 267 g/mol. The van der Waals surface area contributed by atoms with Crippen LogP contribution in [0, 0.1) is 6.92 Å². The Morgan fingerprint density at radius 3 is 2.72 bits per heavy atom. The van der Waals surface area contributed by atoms with Crippen LogP contribution >= 0.6 is 23.2 Å². The molecular formula is C14H10Cl2N2. The van der Waals surface area contributed by atoms with E-state index < -0.39 is 0 Å². The van der Waals surface area contributed by atoms with Crippen LogP contribution in [-0.2, 0) is 0 Å². The Morgan fingerprint density at radius 2 is 1.89 bits per heavy atom. The smallest absolute Gasteiger partial charge is 0.137 e. The Morgan fingerprint density at radius 1 is 1.06 bits per heavy atom. The lowest BCUT2D eigenvalue weighted by Gasteiger charge is -2.00. The minimum atomic E-state index is 0.652. The van der Waals surface area contributed by atoms with Crippen LogP contribution in [0.15, 0.2) is 42.7 Å². The molecule has 1 aromatic carbocycles. The Bertz CT molecular complexity index is 732. The number of aromatic nitrogens is 2. The third-order valence-electron chi connectivity index (χ3n) is 2.80. The third kappa shape index (κ3) is 1.98. The van der Waals surface area contributed by atoms with Gasteiger partial charge in [-0.2, -0.15) is 0 Å². The lowest BCUT2D eigenvalue weighted by atomic mass is 10.2. The summed E-state index contributed by atoms with van der Waals surface area (Å²) >= 11 is 12.2. The van der Waals surface area contributed by atoms with Gasteiger partial charge in [0.2, 0.25) is 0 Å². The van der Waals surface area contributed by atoms with Gasteiger partial charge in [0.25, 0.3) is 0 Å². The summed E-state index contributed by atoms with van der Waals surface area (Å²) in [5.74, 6) is 0. The van der Waals surface area contributed by atoms with Crippen molar-refractivity contribution in [1.82, 2.24) is 9.38 Å². The van der Waals surface area contributed by atoms with Crippen molar-refractivity contribution in [2.75, 3.05) is 0 Å². The van der Waals surface area contributed by atoms with Crippen LogP contribution in [0.3, 0.4) is 0 Å². The second-order valence-corrected chi connectivity index (χ2v) is 5.07. The Hall–Kier alpha value is -1.51. The van der Waals surface area contributed by atoms with Crippen molar-refractivity contribution in [3.63, 3.8) is 0 Å². The topological polar surface area (TPSA) is 17.3 Å². The van der Waals surface area contributed by atoms with Gasteiger partial charge in [-0.15, -0.1) is 0 Å². The molecule has 0 atom stereocenters. The molecule has 0 saturated carbocycles. The second-order valence-electron chi connectivity index (χ2n) is 4.22. The van der Waals surface area contributed by atoms with Crippen molar-refractivity contribution >= 4 is 28.8 Å². The van der Waals surface area contributed by atoms with E-state index in [1.807, 2.05) is 41.9 Å². The van der Waals surface area contributed by atoms with E-state index in [2.05, 4.69) is 4.98 Å². The molecule has 0 aliphatic rings. The summed E-state index contributed by atoms with van der Waals surface area (Å²) in [6.45, 7) is 2.05. The van der Waals surface area contributed by atoms with E-state index in [1.54, 1.807) is 12.1 Å². The van der Waals surface area contributed by atoms with Crippen LogP contribution in [0.2, 0.25) is 10.0 Å². The molecule has 0 saturated heterocycles. The first-order valence-electron chi connectivity index (χ1n) is 5.54. The third-order valence-corrected chi connectivity index (χ3v) is 3.37. The standard InChI is InChI=1S/C14H10Cl2N2/c1-9-2-5-14-17-13(8-18(14)7-9)11-6-10(15)3-4-12(11)16/h2-8H,1H3. The number of rotatable bonds is 1. The van der Waals surface area contributed by atoms with Gasteiger partial charge in [0.05, 0.1) is 10.7 Å². The molecule has 0 aliphatic heterocycles. The molecule has 3 aromatic rings. The molecule has 0 N–H and O–H groups in total. The molecule has 2 aromatic heterocycles. The fourth-order valence-corrected chi connectivity index (χ4v) is 2.31. The quantitative estimate of drug-likeness (QED) is 0.634. The zero-order chi connectivity index (χ0) is 12.7. The van der Waals surface area contributed by atoms with Crippen LogP contribution in [0.4, 0.5) is 0 Å². The predicted molar refractivity (Wildman–Crippen MR) is 75.4 cm³/mol. The van der Waals surface area contributed by atoms with E-state index in [9.17, 15) is 0 Å². The summed E-state index contributed by atoms with van der Waals surface area (Å²) in [4.78, 5) is 4.55. The maximum absolute atomic E-state index is 6.18. The van der Waals surface area contributed by atoms with Gasteiger partial charge < -0.3 is 4.40 Å². The van der Waals surface area contributed by atoms with Crippen LogP contribution in [-0.4, -0.2) is 9.38 Å². The summed E-state index contributed by atoms with van der Waals surface area (Å²) in [6.07, 6.45) is 3.99. The molecule has 18 heavy (non-hydrogen) atoms. The maximum Gasteiger partial charge on any atom is 0.137 e. The minimum Gasteiger partial charge on any atom is -0.306 e. The Balaban J connectivity index is 2.22. The molecule has 0 unspecified atom stereocenters. The normalized spacial score (nSPS) is 11.1. The molecule has 3 rings (SSSR count). The van der Waals surface area contributed by atoms with E-state index in [0.29, 0.717) is 10.0 Å². The van der Waals surface area contributed by atoms with Crippen molar-refractivity contribution in [3.8, 4) is 11.3 Å². The van der Waals surface area contributed by atoms with Crippen molar-refractivity contribution < 1.29 is 0 Å². The Labute approximate surface area is 115 Å². The van der Waals surface area contributed by atoms with Crippen LogP contribution in [0.5, 0.6) is 0 Å². The molecule has 0 radical (unpaired) electrons. The van der Waals surface area contributed by atoms with Gasteiger partial charge in [-0.05, 0) is 36.8 Å². The highest BCUT2D eigenvalue weighted by Gasteiger charge is 2.08. The maximum atomic E-state index is 6.18. The molecule has 2 heterocycles. The fourth-order valence-electron chi connectivity index (χ4n) is 1.93. The highest BCUT2D eigenvalue weighted by Crippen LogP contribution is 2.30. The van der Waals surface area contributed by atoms with E-state index >= 15 is 0 Å². The van der Waals surface area contributed by atoms with Crippen molar-refractivity contribution in [2.24, 2.45) is 0 Å². The number of nitrogens with zero attached hydrogens (tertiary/aromatic N) is 2. The van der Waals surface area contributed by atoms with Gasteiger partial charge in [-0.3, -0.25) is 0 Å². The molecule has 0 bridgehead atoms. The molecule has 0 spiro atoms. The second kappa shape index (κ2) is 4.30. The fraction of sp³-hybridized carbons (Fsp3) is 0.0714. The number of hydrogen-bond donors (Lipinski definition) is 0. The SMILES string of the molecule is Cc1ccc2nc(-c3cc(Cl)ccc3Cl)cn2c1. The Kier molecular flexibility index (Phi) is 2.77. The number of hydrogen-bond acceptors (Lipinski definition) is 1. The number of pyridine rings is 1. The van der Waals surface area contributed by atoms with Gasteiger partial charge in [-0.25, -0.2) is 4.98 Å². The van der Waals surface area contributed by atoms with E-state index in [1.165, 1.54) is 5.56 Å². The lowest BCUT2D eigenvalue weighted by molar-refractivity contribution is 1.16. The zero-order valence-corrected chi connectivity index (χ0v) is 11.2. The number of benzene rings is 1. The van der Waals surface area contributed by atoms with Gasteiger partial charge >= 0.3 is 0 Å². The van der Waals surface area contributed by atoms with Gasteiger partial charge in [0, 0.05) is 23.0 Å². The molecule has 0 fully saturated rings. The van der Waals surface area contributed by atoms with Crippen LogP contribution in [0.1, 0.15) is 5.56 Å². The molecule has 4 heteroatoms. The monoisotopic (exact) mass is 276 g/mol. The molecule has 2 nitrogen and oxygen atoms in total. The lowest BCUT2D eigenvalue weighted by Crippen LogP contribution is -1.82. The summed E-state index contributed by atoms with van der Waals surface area (Å²) in [5.41, 5.74) is 3.76. The molecule has 0 aliphatic carbocycles. The number of imidazole rings is 1. The van der Waals surface area contributed by atoms with Crippen molar-refractivity contribution in [1.29, 1.82) is 0 Å². The van der Waals surface area contributed by atoms with Crippen molar-refractivity contribution in [2.45, 2.75) is 6.92 Å². The van der Waals surface area contributed by atoms with Gasteiger partial charge in [0.15, 0.2) is 0 Å². The predicted octanol–water partition coefficient (Wildman–Crippen LogP) is 4.62. The first-order chi connectivity index (χ1) is 8.63. The average Bonchev–Trinajstić information content (AvgIpc) is 2.74. The highest BCUT2D eigenvalue weighted by atomic mass is 35.5. The van der Waals surface area contributed by atoms with E-state index in [0.717, 1.165) is 16.9 Å².